The van der Waals surface area contributed by atoms with Crippen LogP contribution in [-0.4, -0.2) is 53.1 Å². The number of nitrogens with zero attached hydrogens (tertiary/aromatic N) is 2. The van der Waals surface area contributed by atoms with Crippen LogP contribution in [0.1, 0.15) is 17.8 Å². The second-order valence-electron chi connectivity index (χ2n) is 5.93. The van der Waals surface area contributed by atoms with Gasteiger partial charge in [0.05, 0.1) is 40.6 Å². The lowest BCUT2D eigenvalue weighted by atomic mass is 9.73. The zero-order chi connectivity index (χ0) is 15.8. The predicted molar refractivity (Wildman–Crippen MR) is 82.7 cm³/mol. The topological polar surface area (TPSA) is 92.4 Å². The number of hydrogen-bond donors (Lipinski definition) is 2. The van der Waals surface area contributed by atoms with Crippen LogP contribution < -0.4 is 0 Å². The van der Waals surface area contributed by atoms with Gasteiger partial charge in [0, 0.05) is 18.9 Å². The van der Waals surface area contributed by atoms with E-state index in [0.717, 1.165) is 15.9 Å². The first kappa shape index (κ1) is 16.9. The summed E-state index contributed by atoms with van der Waals surface area (Å²) in [6.07, 6.45) is 0.871. The van der Waals surface area contributed by atoms with E-state index in [4.69, 9.17) is 0 Å². The third kappa shape index (κ3) is 3.18. The quantitative estimate of drug-likeness (QED) is 0.772. The van der Waals surface area contributed by atoms with Gasteiger partial charge in [0.1, 0.15) is 0 Å². The van der Waals surface area contributed by atoms with Gasteiger partial charge >= 0.3 is 0 Å². The summed E-state index contributed by atoms with van der Waals surface area (Å²) >= 11 is 3.48. The Hall–Kier alpha value is -0.440. The van der Waals surface area contributed by atoms with Crippen LogP contribution >= 0.6 is 15.9 Å². The number of rotatable bonds is 5. The molecule has 0 bridgehead atoms. The number of sulfone groups is 1. The van der Waals surface area contributed by atoms with Gasteiger partial charge in [-0.3, -0.25) is 4.68 Å². The molecule has 6 nitrogen and oxygen atoms in total. The monoisotopic (exact) mass is 380 g/mol. The molecule has 1 fully saturated rings. The van der Waals surface area contributed by atoms with Crippen LogP contribution in [0.15, 0.2) is 4.47 Å². The number of aromatic nitrogens is 2. The lowest BCUT2D eigenvalue weighted by molar-refractivity contribution is 0.0109. The van der Waals surface area contributed by atoms with Crippen molar-refractivity contribution in [3.05, 3.63) is 15.9 Å². The largest absolute Gasteiger partial charge is 0.396 e. The molecule has 0 aromatic carbocycles. The van der Waals surface area contributed by atoms with Crippen molar-refractivity contribution >= 4 is 25.8 Å². The first-order valence-electron chi connectivity index (χ1n) is 6.85. The first-order valence-corrected chi connectivity index (χ1v) is 9.46. The minimum absolute atomic E-state index is 0.0303. The van der Waals surface area contributed by atoms with Gasteiger partial charge in [-0.2, -0.15) is 5.10 Å². The van der Waals surface area contributed by atoms with Gasteiger partial charge in [-0.1, -0.05) is 0 Å². The molecule has 0 saturated carbocycles. The maximum atomic E-state index is 11.7. The van der Waals surface area contributed by atoms with Gasteiger partial charge in [-0.05, 0) is 35.2 Å². The van der Waals surface area contributed by atoms with Crippen LogP contribution in [0, 0.1) is 18.3 Å². The molecular formula is C13H21BrN2O4S. The molecule has 1 aliphatic heterocycles. The first-order chi connectivity index (χ1) is 9.74. The van der Waals surface area contributed by atoms with E-state index >= 15 is 0 Å². The lowest BCUT2D eigenvalue weighted by Crippen LogP contribution is -2.41. The summed E-state index contributed by atoms with van der Waals surface area (Å²) < 4.78 is 26.0. The average molecular weight is 381 g/mol. The van der Waals surface area contributed by atoms with Crippen molar-refractivity contribution < 1.29 is 18.6 Å². The molecular weight excluding hydrogens is 360 g/mol. The number of hydrogen-bond acceptors (Lipinski definition) is 5. The summed E-state index contributed by atoms with van der Waals surface area (Å²) in [5.41, 5.74) is 0.850. The molecule has 8 heteroatoms. The maximum absolute atomic E-state index is 11.7. The predicted octanol–water partition coefficient (Wildman–Crippen LogP) is 0.439. The van der Waals surface area contributed by atoms with Crippen LogP contribution in [0.5, 0.6) is 0 Å². The van der Waals surface area contributed by atoms with E-state index in [-0.39, 0.29) is 30.6 Å². The molecule has 0 amide bonds. The zero-order valence-electron chi connectivity index (χ0n) is 12.2. The third-order valence-electron chi connectivity index (χ3n) is 4.51. The Bertz CT molecular complexity index is 622. The third-order valence-corrected chi connectivity index (χ3v) is 7.31. The molecule has 1 atom stereocenters. The van der Waals surface area contributed by atoms with E-state index in [1.54, 1.807) is 11.7 Å². The number of aliphatic hydroxyl groups is 2. The Labute approximate surface area is 133 Å². The van der Waals surface area contributed by atoms with Crippen LogP contribution in [0.2, 0.25) is 0 Å². The normalized spacial score (nSPS) is 21.9. The molecule has 1 aromatic rings. The van der Waals surface area contributed by atoms with Crippen molar-refractivity contribution in [2.75, 3.05) is 24.7 Å². The second kappa shape index (κ2) is 5.98. The molecule has 1 aromatic heterocycles. The van der Waals surface area contributed by atoms with E-state index < -0.39 is 15.3 Å². The molecule has 0 aliphatic carbocycles. The fourth-order valence-electron chi connectivity index (χ4n) is 3.05. The van der Waals surface area contributed by atoms with Gasteiger partial charge in [0.2, 0.25) is 0 Å². The van der Waals surface area contributed by atoms with Gasteiger partial charge in [-0.15, -0.1) is 0 Å². The van der Waals surface area contributed by atoms with E-state index in [2.05, 4.69) is 21.0 Å². The Morgan fingerprint density at radius 1 is 1.43 bits per heavy atom. The van der Waals surface area contributed by atoms with E-state index in [1.807, 2.05) is 6.92 Å². The summed E-state index contributed by atoms with van der Waals surface area (Å²) in [4.78, 5) is 0. The highest BCUT2D eigenvalue weighted by Gasteiger charge is 2.45. The van der Waals surface area contributed by atoms with Gasteiger partial charge in [-0.25, -0.2) is 8.42 Å². The summed E-state index contributed by atoms with van der Waals surface area (Å²) in [5.74, 6) is -0.0762. The Morgan fingerprint density at radius 3 is 2.43 bits per heavy atom. The highest BCUT2D eigenvalue weighted by atomic mass is 79.9. The molecule has 0 spiro atoms. The molecule has 2 heterocycles. The Kier molecular flexibility index (Phi) is 4.82. The Balaban J connectivity index is 2.35. The van der Waals surface area contributed by atoms with Crippen molar-refractivity contribution in [3.8, 4) is 0 Å². The number of halogens is 1. The van der Waals surface area contributed by atoms with Crippen LogP contribution in [-0.2, 0) is 23.3 Å². The van der Waals surface area contributed by atoms with Gasteiger partial charge in [0.15, 0.2) is 9.84 Å². The highest BCUT2D eigenvalue weighted by molar-refractivity contribution is 9.10. The molecule has 120 valence electrons. The summed E-state index contributed by atoms with van der Waals surface area (Å²) in [6, 6.07) is 0. The second-order valence-corrected chi connectivity index (χ2v) is 8.95. The van der Waals surface area contributed by atoms with Crippen molar-refractivity contribution in [2.24, 2.45) is 18.4 Å². The van der Waals surface area contributed by atoms with Crippen molar-refractivity contribution in [1.82, 2.24) is 9.78 Å². The van der Waals surface area contributed by atoms with Gasteiger partial charge < -0.3 is 10.2 Å². The average Bonchev–Trinajstić information content (AvgIpc) is 2.90. The fraction of sp³-hybridized carbons (Fsp3) is 0.769. The molecule has 1 unspecified atom stereocenters. The standard InChI is InChI=1S/C13H21BrN2O4S/c1-9-12(14)11(16(2)15-9)5-13(7-17,8-18)10-3-4-21(19,20)6-10/h10,17-18H,3-8H2,1-2H3. The van der Waals surface area contributed by atoms with Crippen LogP contribution in [0.4, 0.5) is 0 Å². The van der Waals surface area contributed by atoms with Crippen LogP contribution in [0.25, 0.3) is 0 Å². The van der Waals surface area contributed by atoms with E-state index in [1.165, 1.54) is 0 Å². The summed E-state index contributed by atoms with van der Waals surface area (Å²) in [6.45, 7) is 1.37. The zero-order valence-corrected chi connectivity index (χ0v) is 14.6. The smallest absolute Gasteiger partial charge is 0.150 e. The number of aliphatic hydroxyl groups excluding tert-OH is 2. The Morgan fingerprint density at radius 2 is 2.05 bits per heavy atom. The highest BCUT2D eigenvalue weighted by Crippen LogP contribution is 2.40. The van der Waals surface area contributed by atoms with Crippen molar-refractivity contribution in [1.29, 1.82) is 0 Å². The molecule has 1 aliphatic rings. The summed E-state index contributed by atoms with van der Waals surface area (Å²) in [5, 5.41) is 24.0. The SMILES string of the molecule is Cc1nn(C)c(CC(CO)(CO)C2CCS(=O)(=O)C2)c1Br. The van der Waals surface area contributed by atoms with Gasteiger partial charge in [0.25, 0.3) is 0 Å². The van der Waals surface area contributed by atoms with E-state index in [9.17, 15) is 18.6 Å². The van der Waals surface area contributed by atoms with E-state index in [0.29, 0.717) is 12.8 Å². The van der Waals surface area contributed by atoms with Crippen molar-refractivity contribution in [2.45, 2.75) is 19.8 Å². The molecule has 2 N–H and O–H groups in total. The van der Waals surface area contributed by atoms with Crippen LogP contribution in [0.3, 0.4) is 0 Å². The maximum Gasteiger partial charge on any atom is 0.150 e. The molecule has 1 saturated heterocycles. The number of aryl methyl sites for hydroxylation is 2. The van der Waals surface area contributed by atoms with Crippen molar-refractivity contribution in [3.63, 3.8) is 0 Å². The minimum Gasteiger partial charge on any atom is -0.396 e. The molecule has 21 heavy (non-hydrogen) atoms. The molecule has 2 rings (SSSR count). The molecule has 0 radical (unpaired) electrons. The minimum atomic E-state index is -3.06. The fourth-order valence-corrected chi connectivity index (χ4v) is 5.47. The summed E-state index contributed by atoms with van der Waals surface area (Å²) in [7, 11) is -1.26. The lowest BCUT2D eigenvalue weighted by Gasteiger charge is -2.35.